The van der Waals surface area contributed by atoms with Gasteiger partial charge in [-0.05, 0) is 25.1 Å². The molecule has 1 aromatic carbocycles. The van der Waals surface area contributed by atoms with Crippen molar-refractivity contribution in [3.63, 3.8) is 0 Å². The lowest BCUT2D eigenvalue weighted by Gasteiger charge is -2.08. The van der Waals surface area contributed by atoms with Gasteiger partial charge in [0, 0.05) is 5.56 Å². The zero-order valence-corrected chi connectivity index (χ0v) is 12.2. The fourth-order valence-electron chi connectivity index (χ4n) is 2.74. The van der Waals surface area contributed by atoms with Gasteiger partial charge in [-0.1, -0.05) is 0 Å². The van der Waals surface area contributed by atoms with E-state index >= 15 is 0 Å². The second-order valence-electron chi connectivity index (χ2n) is 5.07. The first-order chi connectivity index (χ1) is 11.2. The van der Waals surface area contributed by atoms with Crippen molar-refractivity contribution in [2.75, 3.05) is 6.61 Å². The van der Waals surface area contributed by atoms with Crippen molar-refractivity contribution in [3.8, 4) is 17.1 Å². The van der Waals surface area contributed by atoms with Crippen LogP contribution in [0.4, 0.5) is 4.39 Å². The Kier molecular flexibility index (Phi) is 2.97. The summed E-state index contributed by atoms with van der Waals surface area (Å²) >= 11 is 0. The predicted molar refractivity (Wildman–Crippen MR) is 77.6 cm³/mol. The number of esters is 1. The number of nitrogens with zero attached hydrogens (tertiary/aromatic N) is 5. The Balaban J connectivity index is 1.97. The van der Waals surface area contributed by atoms with Crippen molar-refractivity contribution in [1.82, 2.24) is 24.3 Å². The highest BCUT2D eigenvalue weighted by atomic mass is 19.1. The molecule has 4 rings (SSSR count). The Labute approximate surface area is 130 Å². The molecule has 0 N–H and O–H groups in total. The van der Waals surface area contributed by atoms with E-state index in [9.17, 15) is 9.18 Å². The molecule has 2 aromatic heterocycles. The fourth-order valence-corrected chi connectivity index (χ4v) is 2.74. The van der Waals surface area contributed by atoms with Gasteiger partial charge in [-0.25, -0.2) is 14.2 Å². The summed E-state index contributed by atoms with van der Waals surface area (Å²) in [6.07, 6.45) is 3.08. The Morgan fingerprint density at radius 2 is 2.26 bits per heavy atom. The molecule has 1 aliphatic heterocycles. The van der Waals surface area contributed by atoms with Crippen LogP contribution in [-0.2, 0) is 11.3 Å². The second kappa shape index (κ2) is 5.01. The van der Waals surface area contributed by atoms with E-state index in [2.05, 4.69) is 15.2 Å². The first-order valence-corrected chi connectivity index (χ1v) is 7.10. The summed E-state index contributed by atoms with van der Waals surface area (Å²) in [5.41, 5.74) is 2.17. The van der Waals surface area contributed by atoms with Crippen LogP contribution in [-0.4, -0.2) is 36.9 Å². The van der Waals surface area contributed by atoms with Gasteiger partial charge < -0.3 is 9.30 Å². The first kappa shape index (κ1) is 13.6. The van der Waals surface area contributed by atoms with Crippen LogP contribution >= 0.6 is 0 Å². The van der Waals surface area contributed by atoms with Crippen LogP contribution in [0.2, 0.25) is 0 Å². The largest absolute Gasteiger partial charge is 0.461 e. The number of fused-ring (bicyclic) bond motifs is 5. The lowest BCUT2D eigenvalue weighted by atomic mass is 10.1. The zero-order valence-electron chi connectivity index (χ0n) is 12.2. The molecule has 1 aliphatic rings. The van der Waals surface area contributed by atoms with E-state index < -0.39 is 5.97 Å². The quantitative estimate of drug-likeness (QED) is 0.528. The predicted octanol–water partition coefficient (Wildman–Crippen LogP) is 1.81. The van der Waals surface area contributed by atoms with Crippen molar-refractivity contribution in [3.05, 3.63) is 48.1 Å². The van der Waals surface area contributed by atoms with Gasteiger partial charge in [-0.2, -0.15) is 0 Å². The molecule has 0 amide bonds. The normalized spacial score (nSPS) is 12.1. The van der Waals surface area contributed by atoms with Crippen LogP contribution in [0.5, 0.6) is 0 Å². The van der Waals surface area contributed by atoms with Crippen molar-refractivity contribution in [1.29, 1.82) is 0 Å². The van der Waals surface area contributed by atoms with Crippen LogP contribution in [0.3, 0.4) is 0 Å². The first-order valence-electron chi connectivity index (χ1n) is 7.10. The molecular weight excluding hydrogens is 301 g/mol. The molecule has 0 aliphatic carbocycles. The third-order valence-electron chi connectivity index (χ3n) is 3.73. The average molecular weight is 313 g/mol. The monoisotopic (exact) mass is 313 g/mol. The summed E-state index contributed by atoms with van der Waals surface area (Å²) in [5, 5.41) is 7.96. The molecule has 0 atom stereocenters. The van der Waals surface area contributed by atoms with E-state index in [-0.39, 0.29) is 18.1 Å². The highest BCUT2D eigenvalue weighted by molar-refractivity contribution is 5.89. The number of benzene rings is 1. The van der Waals surface area contributed by atoms with Gasteiger partial charge in [-0.15, -0.1) is 10.2 Å². The average Bonchev–Trinajstić information content (AvgIpc) is 3.13. The van der Waals surface area contributed by atoms with Crippen LogP contribution < -0.4 is 0 Å². The number of halogens is 1. The lowest BCUT2D eigenvalue weighted by Crippen LogP contribution is -2.11. The molecule has 0 unspecified atom stereocenters. The van der Waals surface area contributed by atoms with E-state index in [1.807, 2.05) is 0 Å². The highest BCUT2D eigenvalue weighted by Gasteiger charge is 2.26. The summed E-state index contributed by atoms with van der Waals surface area (Å²) in [6.45, 7) is 2.35. The molecule has 3 heterocycles. The Morgan fingerprint density at radius 1 is 1.39 bits per heavy atom. The maximum atomic E-state index is 13.7. The molecule has 0 saturated carbocycles. The van der Waals surface area contributed by atoms with Crippen molar-refractivity contribution < 1.29 is 13.9 Å². The van der Waals surface area contributed by atoms with Crippen molar-refractivity contribution in [2.45, 2.75) is 13.5 Å². The van der Waals surface area contributed by atoms with Crippen LogP contribution in [0.1, 0.15) is 23.1 Å². The van der Waals surface area contributed by atoms with Gasteiger partial charge in [0.1, 0.15) is 18.5 Å². The summed E-state index contributed by atoms with van der Waals surface area (Å²) in [7, 11) is 0. The molecule has 0 fully saturated rings. The molecule has 116 valence electrons. The molecular formula is C15H12FN5O2. The molecule has 0 radical (unpaired) electrons. The number of aromatic nitrogens is 5. The van der Waals surface area contributed by atoms with Gasteiger partial charge in [0.05, 0.1) is 24.5 Å². The lowest BCUT2D eigenvalue weighted by molar-refractivity contribution is 0.0518. The third-order valence-corrected chi connectivity index (χ3v) is 3.73. The molecule has 7 nitrogen and oxygen atoms in total. The number of carbonyl (C=O) groups excluding carboxylic acids is 1. The summed E-state index contributed by atoms with van der Waals surface area (Å²) < 4.78 is 22.2. The molecule has 3 aromatic rings. The number of hydrogen-bond donors (Lipinski definition) is 0. The minimum absolute atomic E-state index is 0.240. The van der Waals surface area contributed by atoms with E-state index in [4.69, 9.17) is 4.74 Å². The number of hydrogen-bond acceptors (Lipinski definition) is 5. The van der Waals surface area contributed by atoms with Gasteiger partial charge >= 0.3 is 5.97 Å². The smallest absolute Gasteiger partial charge is 0.358 e. The Bertz CT molecular complexity index is 914. The van der Waals surface area contributed by atoms with Gasteiger partial charge in [0.25, 0.3) is 0 Å². The SMILES string of the molecule is CCOC(=O)c1ncn2c1Cn1cnnc1-c1cc(F)ccc1-2. The second-order valence-corrected chi connectivity index (χ2v) is 5.07. The van der Waals surface area contributed by atoms with Crippen LogP contribution in [0.25, 0.3) is 17.1 Å². The third kappa shape index (κ3) is 2.02. The zero-order chi connectivity index (χ0) is 16.0. The topological polar surface area (TPSA) is 74.8 Å². The van der Waals surface area contributed by atoms with E-state index in [1.54, 1.807) is 28.5 Å². The number of ether oxygens (including phenoxy) is 1. The summed E-state index contributed by atoms with van der Waals surface area (Å²) in [5.74, 6) is -0.313. The maximum Gasteiger partial charge on any atom is 0.358 e. The van der Waals surface area contributed by atoms with E-state index in [1.165, 1.54) is 18.5 Å². The summed E-state index contributed by atoms with van der Waals surface area (Å²) in [4.78, 5) is 16.3. The Morgan fingerprint density at radius 3 is 3.09 bits per heavy atom. The number of imidazole rings is 1. The van der Waals surface area contributed by atoms with Crippen LogP contribution in [0.15, 0.2) is 30.9 Å². The van der Waals surface area contributed by atoms with Gasteiger partial charge in [-0.3, -0.25) is 4.57 Å². The maximum absolute atomic E-state index is 13.7. The molecule has 0 bridgehead atoms. The standard InChI is InChI=1S/C15H12FN5O2/c1-2-23-15(22)13-12-6-20-8-18-19-14(20)10-5-9(16)3-4-11(10)21(12)7-17-13/h3-5,7-8H,2,6H2,1H3. The molecule has 0 spiro atoms. The summed E-state index contributed by atoms with van der Waals surface area (Å²) in [6, 6.07) is 4.39. The minimum Gasteiger partial charge on any atom is -0.461 e. The minimum atomic E-state index is -0.485. The highest BCUT2D eigenvalue weighted by Crippen LogP contribution is 2.31. The molecule has 8 heteroatoms. The van der Waals surface area contributed by atoms with E-state index in [0.29, 0.717) is 29.3 Å². The van der Waals surface area contributed by atoms with Crippen molar-refractivity contribution >= 4 is 5.97 Å². The fraction of sp³-hybridized carbons (Fsp3) is 0.200. The van der Waals surface area contributed by atoms with Crippen molar-refractivity contribution in [2.24, 2.45) is 0 Å². The van der Waals surface area contributed by atoms with Crippen LogP contribution in [0, 0.1) is 5.82 Å². The Hall–Kier alpha value is -3.03. The number of rotatable bonds is 2. The number of carbonyl (C=O) groups is 1. The van der Waals surface area contributed by atoms with Gasteiger partial charge in [0.2, 0.25) is 0 Å². The molecule has 0 saturated heterocycles. The molecule has 23 heavy (non-hydrogen) atoms. The van der Waals surface area contributed by atoms with E-state index in [0.717, 1.165) is 0 Å². The van der Waals surface area contributed by atoms with Gasteiger partial charge in [0.15, 0.2) is 11.5 Å².